The van der Waals surface area contributed by atoms with Crippen molar-refractivity contribution in [1.82, 2.24) is 9.62 Å². The Morgan fingerprint density at radius 2 is 1.97 bits per heavy atom. The van der Waals surface area contributed by atoms with Gasteiger partial charge in [0.2, 0.25) is 10.0 Å². The molecule has 2 amide bonds. The lowest BCUT2D eigenvalue weighted by atomic mass is 10.1. The molecule has 2 N–H and O–H groups in total. The number of sulfonamides is 1. The highest BCUT2D eigenvalue weighted by Crippen LogP contribution is 2.19. The summed E-state index contributed by atoms with van der Waals surface area (Å²) in [6.07, 6.45) is 3.42. The fourth-order valence-electron chi connectivity index (χ4n) is 3.36. The Bertz CT molecular complexity index is 919. The lowest BCUT2D eigenvalue weighted by molar-refractivity contribution is 0.190. The van der Waals surface area contributed by atoms with Gasteiger partial charge in [0.1, 0.15) is 5.75 Å². The number of hydrogen-bond donors (Lipinski definition) is 2. The summed E-state index contributed by atoms with van der Waals surface area (Å²) in [5.41, 5.74) is 1.85. The molecule has 156 valence electrons. The first-order valence-corrected chi connectivity index (χ1v) is 11.6. The summed E-state index contributed by atoms with van der Waals surface area (Å²) in [4.78, 5) is 14.2. The molecule has 1 saturated heterocycles. The topological polar surface area (TPSA) is 87.7 Å². The van der Waals surface area contributed by atoms with Gasteiger partial charge >= 0.3 is 6.03 Å². The van der Waals surface area contributed by atoms with Crippen molar-refractivity contribution in [3.63, 3.8) is 0 Å². The first kappa shape index (κ1) is 21.1. The number of piperidine rings is 1. The SMILES string of the molecule is CS(=O)(=O)NC1CCCN(C(=O)Nc2cccc(OCCc3ccccc3)c2)C1. The number of benzene rings is 2. The molecule has 1 aliphatic rings. The summed E-state index contributed by atoms with van der Waals surface area (Å²) in [7, 11) is -3.29. The van der Waals surface area contributed by atoms with Crippen molar-refractivity contribution in [2.24, 2.45) is 0 Å². The third kappa shape index (κ3) is 7.07. The molecule has 0 aliphatic carbocycles. The minimum atomic E-state index is -3.29. The first-order valence-electron chi connectivity index (χ1n) is 9.69. The van der Waals surface area contributed by atoms with E-state index < -0.39 is 10.0 Å². The number of likely N-dealkylation sites (tertiary alicyclic amines) is 1. The molecule has 0 spiro atoms. The highest BCUT2D eigenvalue weighted by Gasteiger charge is 2.25. The fraction of sp³-hybridized carbons (Fsp3) is 0.381. The molecular formula is C21H27N3O4S. The van der Waals surface area contributed by atoms with Crippen LogP contribution in [-0.2, 0) is 16.4 Å². The van der Waals surface area contributed by atoms with Crippen molar-refractivity contribution in [2.45, 2.75) is 25.3 Å². The Morgan fingerprint density at radius 3 is 2.72 bits per heavy atom. The van der Waals surface area contributed by atoms with E-state index in [1.807, 2.05) is 30.3 Å². The molecule has 1 atom stereocenters. The van der Waals surface area contributed by atoms with Gasteiger partial charge < -0.3 is 15.0 Å². The molecule has 2 aromatic rings. The van der Waals surface area contributed by atoms with Crippen molar-refractivity contribution in [3.05, 3.63) is 60.2 Å². The second-order valence-corrected chi connectivity index (χ2v) is 9.00. The number of urea groups is 1. The van der Waals surface area contributed by atoms with Crippen LogP contribution >= 0.6 is 0 Å². The predicted octanol–water partition coefficient (Wildman–Crippen LogP) is 2.85. The summed E-state index contributed by atoms with van der Waals surface area (Å²) in [5, 5.41) is 2.87. The zero-order valence-corrected chi connectivity index (χ0v) is 17.3. The molecule has 8 heteroatoms. The summed E-state index contributed by atoms with van der Waals surface area (Å²) in [5.74, 6) is 0.689. The smallest absolute Gasteiger partial charge is 0.321 e. The maximum atomic E-state index is 12.6. The van der Waals surface area contributed by atoms with Gasteiger partial charge in [-0.2, -0.15) is 0 Å². The zero-order valence-electron chi connectivity index (χ0n) is 16.5. The maximum Gasteiger partial charge on any atom is 0.321 e. The van der Waals surface area contributed by atoms with Crippen LogP contribution in [0.5, 0.6) is 5.75 Å². The molecule has 1 unspecified atom stereocenters. The van der Waals surface area contributed by atoms with E-state index >= 15 is 0 Å². The van der Waals surface area contributed by atoms with E-state index in [-0.39, 0.29) is 12.1 Å². The van der Waals surface area contributed by atoms with E-state index in [2.05, 4.69) is 22.2 Å². The molecular weight excluding hydrogens is 390 g/mol. The Labute approximate surface area is 172 Å². The van der Waals surface area contributed by atoms with Crippen LogP contribution in [-0.4, -0.2) is 51.3 Å². The molecule has 1 heterocycles. The second-order valence-electron chi connectivity index (χ2n) is 7.22. The molecule has 0 bridgehead atoms. The van der Waals surface area contributed by atoms with E-state index in [1.165, 1.54) is 5.56 Å². The van der Waals surface area contributed by atoms with Crippen molar-refractivity contribution >= 4 is 21.7 Å². The molecule has 0 radical (unpaired) electrons. The van der Waals surface area contributed by atoms with Gasteiger partial charge in [0.15, 0.2) is 0 Å². The monoisotopic (exact) mass is 417 g/mol. The van der Waals surface area contributed by atoms with Gasteiger partial charge in [0, 0.05) is 37.3 Å². The molecule has 0 aromatic heterocycles. The van der Waals surface area contributed by atoms with Crippen molar-refractivity contribution in [2.75, 3.05) is 31.3 Å². The zero-order chi connectivity index (χ0) is 20.7. The molecule has 2 aromatic carbocycles. The fourth-order valence-corrected chi connectivity index (χ4v) is 4.16. The van der Waals surface area contributed by atoms with Crippen LogP contribution in [0, 0.1) is 0 Å². The van der Waals surface area contributed by atoms with Gasteiger partial charge in [-0.3, -0.25) is 0 Å². The van der Waals surface area contributed by atoms with Crippen molar-refractivity contribution < 1.29 is 17.9 Å². The summed E-state index contributed by atoms with van der Waals surface area (Å²) < 4.78 is 31.3. The second kappa shape index (κ2) is 9.76. The number of nitrogens with one attached hydrogen (secondary N) is 2. The minimum absolute atomic E-state index is 0.244. The number of nitrogens with zero attached hydrogens (tertiary/aromatic N) is 1. The normalized spacial score (nSPS) is 17.0. The van der Waals surface area contributed by atoms with Gasteiger partial charge in [-0.25, -0.2) is 17.9 Å². The summed E-state index contributed by atoms with van der Waals surface area (Å²) in [6, 6.07) is 16.9. The number of hydrogen-bond acceptors (Lipinski definition) is 4. The van der Waals surface area contributed by atoms with Crippen molar-refractivity contribution in [1.29, 1.82) is 0 Å². The van der Waals surface area contributed by atoms with E-state index in [4.69, 9.17) is 4.74 Å². The Hall–Kier alpha value is -2.58. The summed E-state index contributed by atoms with van der Waals surface area (Å²) >= 11 is 0. The number of carbonyl (C=O) groups is 1. The van der Waals surface area contributed by atoms with Crippen LogP contribution in [0.15, 0.2) is 54.6 Å². The average Bonchev–Trinajstić information content (AvgIpc) is 2.68. The summed E-state index contributed by atoms with van der Waals surface area (Å²) in [6.45, 7) is 1.50. The highest BCUT2D eigenvalue weighted by atomic mass is 32.2. The van der Waals surface area contributed by atoms with Crippen LogP contribution in [0.4, 0.5) is 10.5 Å². The van der Waals surface area contributed by atoms with Crippen LogP contribution < -0.4 is 14.8 Å². The molecule has 3 rings (SSSR count). The largest absolute Gasteiger partial charge is 0.493 e. The number of carbonyl (C=O) groups excluding carboxylic acids is 1. The number of anilines is 1. The van der Waals surface area contributed by atoms with Crippen LogP contribution in [0.1, 0.15) is 18.4 Å². The number of ether oxygens (including phenoxy) is 1. The lowest BCUT2D eigenvalue weighted by Gasteiger charge is -2.32. The van der Waals surface area contributed by atoms with Crippen LogP contribution in [0.2, 0.25) is 0 Å². The van der Waals surface area contributed by atoms with Gasteiger partial charge in [0.25, 0.3) is 0 Å². The maximum absolute atomic E-state index is 12.6. The van der Waals surface area contributed by atoms with E-state index in [1.54, 1.807) is 17.0 Å². The molecule has 7 nitrogen and oxygen atoms in total. The van der Waals surface area contributed by atoms with Crippen molar-refractivity contribution in [3.8, 4) is 5.75 Å². The Balaban J connectivity index is 1.51. The van der Waals surface area contributed by atoms with Gasteiger partial charge in [-0.1, -0.05) is 36.4 Å². The van der Waals surface area contributed by atoms with Gasteiger partial charge in [-0.05, 0) is 30.5 Å². The Kier molecular flexibility index (Phi) is 7.11. The van der Waals surface area contributed by atoms with E-state index in [9.17, 15) is 13.2 Å². The highest BCUT2D eigenvalue weighted by molar-refractivity contribution is 7.88. The van der Waals surface area contributed by atoms with E-state index in [0.29, 0.717) is 31.1 Å². The lowest BCUT2D eigenvalue weighted by Crippen LogP contribution is -2.50. The minimum Gasteiger partial charge on any atom is -0.493 e. The quantitative estimate of drug-likeness (QED) is 0.725. The van der Waals surface area contributed by atoms with E-state index in [0.717, 1.165) is 25.5 Å². The number of rotatable bonds is 7. The molecule has 1 aliphatic heterocycles. The number of amides is 2. The predicted molar refractivity (Wildman–Crippen MR) is 114 cm³/mol. The molecule has 29 heavy (non-hydrogen) atoms. The van der Waals surface area contributed by atoms with Crippen LogP contribution in [0.3, 0.4) is 0 Å². The van der Waals surface area contributed by atoms with Crippen LogP contribution in [0.25, 0.3) is 0 Å². The standard InChI is InChI=1S/C21H27N3O4S/c1-29(26,27)23-19-10-6-13-24(16-19)21(25)22-18-9-5-11-20(15-18)28-14-12-17-7-3-2-4-8-17/h2-5,7-9,11,15,19,23H,6,10,12-14,16H2,1H3,(H,22,25). The van der Waals surface area contributed by atoms with Gasteiger partial charge in [0.05, 0.1) is 12.9 Å². The average molecular weight is 418 g/mol. The molecule has 0 saturated carbocycles. The first-order chi connectivity index (χ1) is 13.9. The Morgan fingerprint density at radius 1 is 1.17 bits per heavy atom. The third-order valence-electron chi connectivity index (χ3n) is 4.68. The third-order valence-corrected chi connectivity index (χ3v) is 5.44. The molecule has 1 fully saturated rings. The van der Waals surface area contributed by atoms with Gasteiger partial charge in [-0.15, -0.1) is 0 Å².